The fraction of sp³-hybridized carbons (Fsp3) is 0.103. The molecule has 4 rings (SSSR count). The minimum Gasteiger partial charge on any atom is -0.493 e. The van der Waals surface area contributed by atoms with Crippen LogP contribution in [0.15, 0.2) is 78.9 Å². The summed E-state index contributed by atoms with van der Waals surface area (Å²) in [6, 6.07) is 15.2. The number of carbonyl (C=O) groups is 3. The van der Waals surface area contributed by atoms with Gasteiger partial charge in [-0.15, -0.1) is 6.58 Å². The number of benzene rings is 3. The first-order chi connectivity index (χ1) is 18.7. The van der Waals surface area contributed by atoms with Gasteiger partial charge in [0.2, 0.25) is 0 Å². The summed E-state index contributed by atoms with van der Waals surface area (Å²) in [5.74, 6) is -2.41. The summed E-state index contributed by atoms with van der Waals surface area (Å²) in [6.45, 7) is 3.92. The molecule has 0 bridgehead atoms. The van der Waals surface area contributed by atoms with Crippen molar-refractivity contribution in [1.82, 2.24) is 5.32 Å². The average molecular weight is 547 g/mol. The molecule has 1 aliphatic rings. The number of halogens is 1. The number of nitrogens with one attached hydrogen (secondary N) is 1. The van der Waals surface area contributed by atoms with E-state index in [0.717, 1.165) is 10.5 Å². The van der Waals surface area contributed by atoms with E-state index in [9.17, 15) is 18.8 Å². The Labute approximate surface area is 229 Å². The Hall–Kier alpha value is -4.83. The first kappa shape index (κ1) is 27.2. The largest absolute Gasteiger partial charge is 0.493 e. The van der Waals surface area contributed by atoms with E-state index in [1.54, 1.807) is 36.4 Å². The number of ether oxygens (including phenoxy) is 2. The lowest BCUT2D eigenvalue weighted by atomic mass is 10.0. The zero-order valence-electron chi connectivity index (χ0n) is 20.8. The number of anilines is 1. The first-order valence-electron chi connectivity index (χ1n) is 11.7. The summed E-state index contributed by atoms with van der Waals surface area (Å²) < 4.78 is 26.0. The van der Waals surface area contributed by atoms with Crippen molar-refractivity contribution in [2.45, 2.75) is 13.0 Å². The van der Waals surface area contributed by atoms with Crippen molar-refractivity contribution in [3.05, 3.63) is 107 Å². The molecular weight excluding hydrogens is 523 g/mol. The van der Waals surface area contributed by atoms with Gasteiger partial charge in [0.15, 0.2) is 16.6 Å². The van der Waals surface area contributed by atoms with Crippen LogP contribution >= 0.6 is 12.2 Å². The third kappa shape index (κ3) is 5.86. The van der Waals surface area contributed by atoms with Crippen LogP contribution in [-0.2, 0) is 22.6 Å². The van der Waals surface area contributed by atoms with Gasteiger partial charge in [-0.25, -0.2) is 14.1 Å². The van der Waals surface area contributed by atoms with E-state index < -0.39 is 23.6 Å². The maximum Gasteiger partial charge on any atom is 0.335 e. The van der Waals surface area contributed by atoms with Crippen LogP contribution in [0.2, 0.25) is 0 Å². The minimum atomic E-state index is -1.02. The zero-order valence-corrected chi connectivity index (χ0v) is 21.6. The van der Waals surface area contributed by atoms with Crippen molar-refractivity contribution in [2.24, 2.45) is 0 Å². The number of rotatable bonds is 9. The van der Waals surface area contributed by atoms with Crippen LogP contribution in [-0.4, -0.2) is 35.1 Å². The van der Waals surface area contributed by atoms with Crippen LogP contribution in [0.3, 0.4) is 0 Å². The number of carboxylic acids is 1. The van der Waals surface area contributed by atoms with E-state index in [0.29, 0.717) is 29.0 Å². The predicted molar refractivity (Wildman–Crippen MR) is 147 cm³/mol. The Bertz CT molecular complexity index is 1520. The van der Waals surface area contributed by atoms with Crippen LogP contribution in [0.25, 0.3) is 6.08 Å². The van der Waals surface area contributed by atoms with Gasteiger partial charge in [0, 0.05) is 5.56 Å². The Kier molecular flexibility index (Phi) is 8.16. The number of hydrogen-bond donors (Lipinski definition) is 2. The lowest BCUT2D eigenvalue weighted by Gasteiger charge is -2.29. The molecule has 2 amide bonds. The molecule has 0 atom stereocenters. The molecule has 1 saturated heterocycles. The van der Waals surface area contributed by atoms with Crippen LogP contribution in [0.4, 0.5) is 10.1 Å². The van der Waals surface area contributed by atoms with E-state index in [-0.39, 0.29) is 28.5 Å². The van der Waals surface area contributed by atoms with Gasteiger partial charge in [0.25, 0.3) is 11.8 Å². The van der Waals surface area contributed by atoms with Crippen molar-refractivity contribution < 1.29 is 33.4 Å². The van der Waals surface area contributed by atoms with Crippen molar-refractivity contribution in [2.75, 3.05) is 12.0 Å². The fourth-order valence-electron chi connectivity index (χ4n) is 3.96. The molecule has 1 heterocycles. The second-order valence-corrected chi connectivity index (χ2v) is 8.79. The molecule has 0 saturated carbocycles. The monoisotopic (exact) mass is 546 g/mol. The number of amides is 2. The van der Waals surface area contributed by atoms with Gasteiger partial charge >= 0.3 is 5.97 Å². The molecule has 0 unspecified atom stereocenters. The van der Waals surface area contributed by atoms with Crippen LogP contribution in [0.1, 0.15) is 27.0 Å². The first-order valence-corrected chi connectivity index (χ1v) is 12.1. The summed E-state index contributed by atoms with van der Waals surface area (Å²) in [5.41, 5.74) is 1.71. The number of aromatic carboxylic acids is 1. The predicted octanol–water partition coefficient (Wildman–Crippen LogP) is 4.67. The van der Waals surface area contributed by atoms with E-state index in [1.807, 2.05) is 0 Å². The molecule has 1 fully saturated rings. The standard InChI is InChI=1S/C29H23FN2O6S/c1-3-6-20-13-18(15-24(37-2)25(20)38-16-17-9-11-19(12-10-17)28(35)36)14-21-26(33)31-29(39)32(27(21)34)23-8-5-4-7-22(23)30/h3-5,7-15H,1,6,16H2,2H3,(H,35,36)(H,31,33,39)/b21-14+. The molecule has 8 nitrogen and oxygen atoms in total. The van der Waals surface area contributed by atoms with E-state index >= 15 is 0 Å². The number of nitrogens with zero attached hydrogens (tertiary/aromatic N) is 1. The van der Waals surface area contributed by atoms with Gasteiger partial charge in [-0.1, -0.05) is 30.3 Å². The van der Waals surface area contributed by atoms with Gasteiger partial charge < -0.3 is 14.6 Å². The molecule has 198 valence electrons. The molecule has 0 aromatic heterocycles. The summed E-state index contributed by atoms with van der Waals surface area (Å²) in [7, 11) is 1.45. The third-order valence-electron chi connectivity index (χ3n) is 5.83. The molecular formula is C29H23FN2O6S. The topological polar surface area (TPSA) is 105 Å². The molecule has 0 aliphatic carbocycles. The number of thiocarbonyl (C=S) groups is 1. The van der Waals surface area contributed by atoms with Gasteiger partial charge in [0.1, 0.15) is 18.0 Å². The van der Waals surface area contributed by atoms with Crippen molar-refractivity contribution in [3.63, 3.8) is 0 Å². The van der Waals surface area contributed by atoms with Crippen molar-refractivity contribution in [3.8, 4) is 11.5 Å². The molecule has 0 radical (unpaired) electrons. The molecule has 3 aromatic rings. The summed E-state index contributed by atoms with van der Waals surface area (Å²) in [5, 5.41) is 11.3. The number of hydrogen-bond acceptors (Lipinski definition) is 6. The quantitative estimate of drug-likeness (QED) is 0.174. The maximum absolute atomic E-state index is 14.5. The normalized spacial score (nSPS) is 14.3. The molecule has 0 spiro atoms. The second kappa shape index (κ2) is 11.7. The Morgan fingerprint density at radius 3 is 2.51 bits per heavy atom. The fourth-order valence-corrected chi connectivity index (χ4v) is 4.24. The highest BCUT2D eigenvalue weighted by Gasteiger charge is 2.35. The van der Waals surface area contributed by atoms with Crippen molar-refractivity contribution >= 4 is 46.9 Å². The lowest BCUT2D eigenvalue weighted by molar-refractivity contribution is -0.122. The smallest absolute Gasteiger partial charge is 0.335 e. The number of methoxy groups -OCH3 is 1. The minimum absolute atomic E-state index is 0.0801. The van der Waals surface area contributed by atoms with Crippen molar-refractivity contribution in [1.29, 1.82) is 0 Å². The summed E-state index contributed by atoms with van der Waals surface area (Å²) in [4.78, 5) is 38.0. The average Bonchev–Trinajstić information content (AvgIpc) is 2.91. The number of para-hydroxylation sites is 1. The van der Waals surface area contributed by atoms with Gasteiger partial charge in [-0.2, -0.15) is 0 Å². The van der Waals surface area contributed by atoms with E-state index in [1.165, 1.54) is 43.5 Å². The second-order valence-electron chi connectivity index (χ2n) is 8.40. The van der Waals surface area contributed by atoms with E-state index in [2.05, 4.69) is 11.9 Å². The summed E-state index contributed by atoms with van der Waals surface area (Å²) in [6.07, 6.45) is 3.42. The zero-order chi connectivity index (χ0) is 28.1. The molecule has 1 aliphatic heterocycles. The Morgan fingerprint density at radius 2 is 1.87 bits per heavy atom. The number of carboxylic acid groups (broad SMARTS) is 1. The summed E-state index contributed by atoms with van der Waals surface area (Å²) >= 11 is 5.14. The third-order valence-corrected chi connectivity index (χ3v) is 6.11. The number of allylic oxidation sites excluding steroid dienone is 1. The highest BCUT2D eigenvalue weighted by molar-refractivity contribution is 7.80. The highest BCUT2D eigenvalue weighted by Crippen LogP contribution is 2.35. The van der Waals surface area contributed by atoms with Crippen LogP contribution < -0.4 is 19.7 Å². The number of carbonyl (C=O) groups excluding carboxylic acids is 2. The lowest BCUT2D eigenvalue weighted by Crippen LogP contribution is -2.54. The SMILES string of the molecule is C=CCc1cc(/C=C2\C(=O)NC(=S)N(c3ccccc3F)C2=O)cc(OC)c1OCc1ccc(C(=O)O)cc1. The highest BCUT2D eigenvalue weighted by atomic mass is 32.1. The molecule has 3 aromatic carbocycles. The molecule has 2 N–H and O–H groups in total. The van der Waals surface area contributed by atoms with Gasteiger partial charge in [0.05, 0.1) is 18.4 Å². The van der Waals surface area contributed by atoms with E-state index in [4.69, 9.17) is 26.8 Å². The Balaban J connectivity index is 1.68. The maximum atomic E-state index is 14.5. The molecule has 39 heavy (non-hydrogen) atoms. The van der Waals surface area contributed by atoms with Gasteiger partial charge in [-0.3, -0.25) is 14.9 Å². The van der Waals surface area contributed by atoms with Crippen LogP contribution in [0, 0.1) is 5.82 Å². The molecule has 10 heteroatoms. The van der Waals surface area contributed by atoms with Gasteiger partial charge in [-0.05, 0) is 72.2 Å². The Morgan fingerprint density at radius 1 is 1.15 bits per heavy atom. The van der Waals surface area contributed by atoms with Crippen LogP contribution in [0.5, 0.6) is 11.5 Å².